The third-order valence-electron chi connectivity index (χ3n) is 6.31. The van der Waals surface area contributed by atoms with Crippen LogP contribution in [-0.4, -0.2) is 48.3 Å². The first-order valence-electron chi connectivity index (χ1n) is 11.6. The number of amides is 1. The number of hydrogen-bond acceptors (Lipinski definition) is 7. The van der Waals surface area contributed by atoms with E-state index in [-0.39, 0.29) is 24.6 Å². The highest BCUT2D eigenvalue weighted by Crippen LogP contribution is 2.31. The number of carboxylic acid groups (broad SMARTS) is 1. The molecule has 0 bridgehead atoms. The lowest BCUT2D eigenvalue weighted by atomic mass is 9.94. The molecule has 0 unspecified atom stereocenters. The Labute approximate surface area is 213 Å². The van der Waals surface area contributed by atoms with Crippen molar-refractivity contribution < 1.29 is 14.7 Å². The number of hydrogen-bond donors (Lipinski definition) is 0. The van der Waals surface area contributed by atoms with Gasteiger partial charge in [0.2, 0.25) is 5.91 Å². The summed E-state index contributed by atoms with van der Waals surface area (Å²) in [5.74, 6) is -0.909. The van der Waals surface area contributed by atoms with Gasteiger partial charge in [-0.1, -0.05) is 53.7 Å². The van der Waals surface area contributed by atoms with Gasteiger partial charge in [0.15, 0.2) is 11.0 Å². The van der Waals surface area contributed by atoms with Gasteiger partial charge in [0.05, 0.1) is 23.5 Å². The zero-order valence-electron chi connectivity index (χ0n) is 19.9. The van der Waals surface area contributed by atoms with Crippen LogP contribution in [0, 0.1) is 13.8 Å². The van der Waals surface area contributed by atoms with E-state index < -0.39 is 12.0 Å². The first-order valence-corrected chi connectivity index (χ1v) is 12.5. The predicted octanol–water partition coefficient (Wildman–Crippen LogP) is 2.74. The van der Waals surface area contributed by atoms with Crippen molar-refractivity contribution >= 4 is 23.6 Å². The smallest absolute Gasteiger partial charge is 0.233 e. The van der Waals surface area contributed by atoms with E-state index in [0.717, 1.165) is 33.5 Å². The first kappa shape index (κ1) is 23.7. The van der Waals surface area contributed by atoms with Crippen LogP contribution in [0.4, 0.5) is 0 Å². The molecule has 2 aromatic heterocycles. The number of aromatic nitrogens is 4. The number of nitrogens with zero attached hydrogens (tertiary/aromatic N) is 5. The van der Waals surface area contributed by atoms with Gasteiger partial charge in [-0.2, -0.15) is 0 Å². The standard InChI is InChI=1S/C27H25N5O3S/c1-17-9-10-22(18(2)12-17)32-25(20-8-5-11-28-14-20)29-30-27(32)36-16-24(33)31-15-21-7-4-3-6-19(21)13-23(31)26(34)35/h3-12,14,23H,13,15-16H2,1-2H3,(H,34,35)/p-1/t23-/m1/s1. The van der Waals surface area contributed by atoms with Gasteiger partial charge >= 0.3 is 0 Å². The summed E-state index contributed by atoms with van der Waals surface area (Å²) in [6.45, 7) is 4.29. The monoisotopic (exact) mass is 498 g/mol. The van der Waals surface area contributed by atoms with Crippen molar-refractivity contribution in [2.75, 3.05) is 5.75 Å². The number of carbonyl (C=O) groups is 2. The molecule has 9 heteroatoms. The summed E-state index contributed by atoms with van der Waals surface area (Å²) >= 11 is 1.23. The van der Waals surface area contributed by atoms with Crippen LogP contribution in [0.25, 0.3) is 17.1 Å². The van der Waals surface area contributed by atoms with Crippen LogP contribution in [0.1, 0.15) is 22.3 Å². The van der Waals surface area contributed by atoms with Crippen molar-refractivity contribution in [3.63, 3.8) is 0 Å². The fourth-order valence-corrected chi connectivity index (χ4v) is 5.35. The van der Waals surface area contributed by atoms with Crippen LogP contribution in [0.3, 0.4) is 0 Å². The zero-order chi connectivity index (χ0) is 25.2. The summed E-state index contributed by atoms with van der Waals surface area (Å²) in [5.41, 5.74) is 5.75. The van der Waals surface area contributed by atoms with Crippen LogP contribution in [0.2, 0.25) is 0 Å². The number of pyridine rings is 1. The fraction of sp³-hybridized carbons (Fsp3) is 0.222. The van der Waals surface area contributed by atoms with Gasteiger partial charge in [0.25, 0.3) is 0 Å². The van der Waals surface area contributed by atoms with Gasteiger partial charge in [0.1, 0.15) is 0 Å². The van der Waals surface area contributed by atoms with Crippen LogP contribution < -0.4 is 5.11 Å². The minimum atomic E-state index is -1.25. The van der Waals surface area contributed by atoms with Crippen LogP contribution >= 0.6 is 11.8 Å². The fourth-order valence-electron chi connectivity index (χ4n) is 4.52. The van der Waals surface area contributed by atoms with E-state index in [2.05, 4.69) is 21.2 Å². The molecule has 1 amide bonds. The molecule has 4 aromatic rings. The van der Waals surface area contributed by atoms with Crippen molar-refractivity contribution in [1.29, 1.82) is 0 Å². The molecular formula is C27H24N5O3S-. The van der Waals surface area contributed by atoms with E-state index in [9.17, 15) is 14.7 Å². The number of carbonyl (C=O) groups excluding carboxylic acids is 2. The van der Waals surface area contributed by atoms with E-state index >= 15 is 0 Å². The third-order valence-corrected chi connectivity index (χ3v) is 7.23. The Kier molecular flexibility index (Phi) is 6.56. The average molecular weight is 499 g/mol. The molecule has 0 saturated carbocycles. The Bertz CT molecular complexity index is 1440. The second-order valence-corrected chi connectivity index (χ2v) is 9.73. The Morgan fingerprint density at radius 3 is 2.58 bits per heavy atom. The van der Waals surface area contributed by atoms with E-state index in [0.29, 0.717) is 11.0 Å². The summed E-state index contributed by atoms with van der Waals surface area (Å²) in [6.07, 6.45) is 3.65. The quantitative estimate of drug-likeness (QED) is 0.377. The summed E-state index contributed by atoms with van der Waals surface area (Å²) in [7, 11) is 0. The minimum Gasteiger partial charge on any atom is -0.548 e. The lowest BCUT2D eigenvalue weighted by Crippen LogP contribution is -2.54. The SMILES string of the molecule is Cc1ccc(-n2c(SCC(=O)N3Cc4ccccc4C[C@@H]3C(=O)[O-])nnc2-c2cccnc2)c(C)c1. The van der Waals surface area contributed by atoms with Crippen LogP contribution in [0.5, 0.6) is 0 Å². The molecule has 0 spiro atoms. The maximum Gasteiger partial charge on any atom is 0.233 e. The van der Waals surface area contributed by atoms with Gasteiger partial charge in [-0.25, -0.2) is 0 Å². The second kappa shape index (κ2) is 9.94. The van der Waals surface area contributed by atoms with Gasteiger partial charge in [-0.05, 0) is 55.2 Å². The number of aryl methyl sites for hydroxylation is 2. The summed E-state index contributed by atoms with van der Waals surface area (Å²) in [5, 5.41) is 21.2. The molecule has 1 atom stereocenters. The van der Waals surface area contributed by atoms with E-state index in [1.807, 2.05) is 66.9 Å². The maximum absolute atomic E-state index is 13.3. The zero-order valence-corrected chi connectivity index (χ0v) is 20.7. The van der Waals surface area contributed by atoms with E-state index in [4.69, 9.17) is 0 Å². The van der Waals surface area contributed by atoms with Gasteiger partial charge in [-0.3, -0.25) is 14.3 Å². The molecule has 0 radical (unpaired) electrons. The molecule has 1 aliphatic rings. The number of rotatable bonds is 6. The Hall–Kier alpha value is -3.98. The number of carboxylic acids is 1. The average Bonchev–Trinajstić information content (AvgIpc) is 3.30. The third kappa shape index (κ3) is 4.61. The van der Waals surface area contributed by atoms with Crippen molar-refractivity contribution in [3.8, 4) is 17.1 Å². The molecule has 8 nitrogen and oxygen atoms in total. The van der Waals surface area contributed by atoms with Crippen molar-refractivity contribution in [3.05, 3.63) is 89.2 Å². The normalized spacial score (nSPS) is 14.9. The number of thioether (sulfide) groups is 1. The highest BCUT2D eigenvalue weighted by molar-refractivity contribution is 7.99. The van der Waals surface area contributed by atoms with E-state index in [1.165, 1.54) is 16.7 Å². The summed E-state index contributed by atoms with van der Waals surface area (Å²) in [6, 6.07) is 16.4. The van der Waals surface area contributed by atoms with Crippen LogP contribution in [-0.2, 0) is 22.6 Å². The summed E-state index contributed by atoms with van der Waals surface area (Å²) < 4.78 is 1.92. The minimum absolute atomic E-state index is 0.0159. The second-order valence-electron chi connectivity index (χ2n) is 8.79. The number of benzene rings is 2. The summed E-state index contributed by atoms with van der Waals surface area (Å²) in [4.78, 5) is 30.8. The lowest BCUT2D eigenvalue weighted by Gasteiger charge is -2.37. The largest absolute Gasteiger partial charge is 0.548 e. The molecule has 3 heterocycles. The van der Waals surface area contributed by atoms with E-state index in [1.54, 1.807) is 12.4 Å². The van der Waals surface area contributed by atoms with Crippen LogP contribution in [0.15, 0.2) is 72.1 Å². The molecule has 0 N–H and O–H groups in total. The molecule has 0 aliphatic carbocycles. The van der Waals surface area contributed by atoms with Crippen molar-refractivity contribution in [1.82, 2.24) is 24.6 Å². The van der Waals surface area contributed by atoms with Gasteiger partial charge in [0, 0.05) is 24.5 Å². The number of aliphatic carboxylic acids is 1. The topological polar surface area (TPSA) is 104 Å². The Morgan fingerprint density at radius 2 is 1.86 bits per heavy atom. The maximum atomic E-state index is 13.3. The predicted molar refractivity (Wildman–Crippen MR) is 134 cm³/mol. The van der Waals surface area contributed by atoms with Crippen molar-refractivity contribution in [2.45, 2.75) is 38.0 Å². The van der Waals surface area contributed by atoms with Gasteiger partial charge < -0.3 is 14.8 Å². The Morgan fingerprint density at radius 1 is 1.06 bits per heavy atom. The Balaban J connectivity index is 1.45. The number of fused-ring (bicyclic) bond motifs is 1. The highest BCUT2D eigenvalue weighted by atomic mass is 32.2. The molecule has 2 aromatic carbocycles. The molecular weight excluding hydrogens is 474 g/mol. The molecule has 0 fully saturated rings. The lowest BCUT2D eigenvalue weighted by molar-refractivity contribution is -0.311. The van der Waals surface area contributed by atoms with Gasteiger partial charge in [-0.15, -0.1) is 10.2 Å². The molecule has 182 valence electrons. The first-order chi connectivity index (χ1) is 17.4. The highest BCUT2D eigenvalue weighted by Gasteiger charge is 2.31. The molecule has 1 aliphatic heterocycles. The molecule has 36 heavy (non-hydrogen) atoms. The van der Waals surface area contributed by atoms with Crippen molar-refractivity contribution in [2.24, 2.45) is 0 Å². The molecule has 5 rings (SSSR count). The molecule has 0 saturated heterocycles.